The number of carbonyl (C=O) groups is 2. The van der Waals surface area contributed by atoms with Crippen molar-refractivity contribution < 1.29 is 24.2 Å². The van der Waals surface area contributed by atoms with Crippen molar-refractivity contribution in [2.24, 2.45) is 0 Å². The van der Waals surface area contributed by atoms with Crippen LogP contribution >= 0.6 is 0 Å². The molecule has 1 rings (SSSR count). The summed E-state index contributed by atoms with van der Waals surface area (Å²) in [6, 6.07) is -0.0556. The van der Waals surface area contributed by atoms with E-state index in [2.05, 4.69) is 5.32 Å². The van der Waals surface area contributed by atoms with Crippen LogP contribution in [0.5, 0.6) is 0 Å². The quantitative estimate of drug-likeness (QED) is 0.696. The Balaban J connectivity index is 2.41. The topological polar surface area (TPSA) is 84.9 Å². The van der Waals surface area contributed by atoms with Crippen molar-refractivity contribution in [2.75, 3.05) is 13.7 Å². The van der Waals surface area contributed by atoms with Gasteiger partial charge in [0.1, 0.15) is 6.10 Å². The predicted molar refractivity (Wildman–Crippen MR) is 59.6 cm³/mol. The fourth-order valence-corrected chi connectivity index (χ4v) is 1.77. The van der Waals surface area contributed by atoms with Gasteiger partial charge in [0.05, 0.1) is 12.6 Å². The van der Waals surface area contributed by atoms with Crippen molar-refractivity contribution in [1.82, 2.24) is 5.32 Å². The molecular weight excluding hydrogens is 226 g/mol. The lowest BCUT2D eigenvalue weighted by Crippen LogP contribution is -2.43. The van der Waals surface area contributed by atoms with Crippen LogP contribution < -0.4 is 5.32 Å². The van der Waals surface area contributed by atoms with Crippen LogP contribution in [0.3, 0.4) is 0 Å². The summed E-state index contributed by atoms with van der Waals surface area (Å²) >= 11 is 0. The van der Waals surface area contributed by atoms with Gasteiger partial charge >= 0.3 is 5.97 Å². The number of carbonyl (C=O) groups excluding carboxylic acids is 1. The fraction of sp³-hybridized carbons (Fsp3) is 0.818. The van der Waals surface area contributed by atoms with Gasteiger partial charge in [-0.2, -0.15) is 0 Å². The zero-order valence-corrected chi connectivity index (χ0v) is 10.1. The van der Waals surface area contributed by atoms with Crippen molar-refractivity contribution in [3.8, 4) is 0 Å². The van der Waals surface area contributed by atoms with Gasteiger partial charge in [-0.15, -0.1) is 0 Å². The Morgan fingerprint density at radius 2 is 2.12 bits per heavy atom. The Kier molecular flexibility index (Phi) is 5.37. The molecule has 0 spiro atoms. The first-order chi connectivity index (χ1) is 8.08. The highest BCUT2D eigenvalue weighted by atomic mass is 16.5. The summed E-state index contributed by atoms with van der Waals surface area (Å²) in [6.45, 7) is 2.39. The van der Waals surface area contributed by atoms with Crippen LogP contribution in [0.2, 0.25) is 0 Å². The molecule has 1 heterocycles. The molecule has 0 radical (unpaired) electrons. The van der Waals surface area contributed by atoms with E-state index in [1.165, 1.54) is 0 Å². The van der Waals surface area contributed by atoms with Crippen molar-refractivity contribution in [2.45, 2.75) is 44.4 Å². The Morgan fingerprint density at radius 1 is 1.47 bits per heavy atom. The van der Waals surface area contributed by atoms with Crippen LogP contribution in [0.25, 0.3) is 0 Å². The van der Waals surface area contributed by atoms with Gasteiger partial charge < -0.3 is 19.9 Å². The second-order valence-electron chi connectivity index (χ2n) is 4.10. The summed E-state index contributed by atoms with van der Waals surface area (Å²) < 4.78 is 10.1. The van der Waals surface area contributed by atoms with E-state index >= 15 is 0 Å². The largest absolute Gasteiger partial charge is 0.479 e. The van der Waals surface area contributed by atoms with E-state index in [-0.39, 0.29) is 11.9 Å². The highest BCUT2D eigenvalue weighted by molar-refractivity contribution is 5.82. The average Bonchev–Trinajstić information content (AvgIpc) is 2.77. The van der Waals surface area contributed by atoms with Gasteiger partial charge in [-0.1, -0.05) is 6.92 Å². The maximum atomic E-state index is 11.8. The van der Waals surface area contributed by atoms with Gasteiger partial charge in [0.15, 0.2) is 6.10 Å². The molecule has 3 unspecified atom stereocenters. The third kappa shape index (κ3) is 3.98. The molecule has 6 heteroatoms. The third-order valence-corrected chi connectivity index (χ3v) is 2.79. The molecule has 1 aliphatic heterocycles. The van der Waals surface area contributed by atoms with Gasteiger partial charge in [-0.25, -0.2) is 4.79 Å². The molecule has 0 aromatic carbocycles. The molecule has 1 saturated heterocycles. The molecule has 0 aromatic heterocycles. The zero-order chi connectivity index (χ0) is 12.8. The van der Waals surface area contributed by atoms with Crippen molar-refractivity contribution in [3.63, 3.8) is 0 Å². The predicted octanol–water partition coefficient (Wildman–Crippen LogP) is 0.160. The monoisotopic (exact) mass is 245 g/mol. The molecular formula is C11H19NO5. The van der Waals surface area contributed by atoms with Crippen molar-refractivity contribution >= 4 is 11.9 Å². The van der Waals surface area contributed by atoms with Crippen LogP contribution in [-0.4, -0.2) is 48.9 Å². The molecule has 0 aromatic rings. The molecule has 0 saturated carbocycles. The number of hydrogen-bond donors (Lipinski definition) is 2. The number of hydrogen-bond acceptors (Lipinski definition) is 4. The normalized spacial score (nSPS) is 25.5. The number of ether oxygens (including phenoxy) is 2. The number of carboxylic acids is 1. The standard InChI is InChI=1S/C11H19NO5/c1-3-7(6-16-2)12-10(13)8-4-5-9(17-8)11(14)15/h7-9H,3-6H2,1-2H3,(H,12,13)(H,14,15). The molecule has 17 heavy (non-hydrogen) atoms. The van der Waals surface area contributed by atoms with E-state index in [1.54, 1.807) is 7.11 Å². The van der Waals surface area contributed by atoms with Crippen LogP contribution in [0.15, 0.2) is 0 Å². The lowest BCUT2D eigenvalue weighted by Gasteiger charge is -2.18. The van der Waals surface area contributed by atoms with Gasteiger partial charge in [0.25, 0.3) is 0 Å². The van der Waals surface area contributed by atoms with E-state index in [9.17, 15) is 9.59 Å². The summed E-state index contributed by atoms with van der Waals surface area (Å²) in [5, 5.41) is 11.5. The SMILES string of the molecule is CCC(COC)NC(=O)C1CCC(C(=O)O)O1. The molecule has 3 atom stereocenters. The van der Waals surface area contributed by atoms with Gasteiger partial charge in [-0.05, 0) is 19.3 Å². The number of nitrogens with one attached hydrogen (secondary N) is 1. The zero-order valence-electron chi connectivity index (χ0n) is 10.1. The molecule has 1 aliphatic rings. The van der Waals surface area contributed by atoms with E-state index in [0.717, 1.165) is 6.42 Å². The Hall–Kier alpha value is -1.14. The highest BCUT2D eigenvalue weighted by Crippen LogP contribution is 2.20. The third-order valence-electron chi connectivity index (χ3n) is 2.79. The van der Waals surface area contributed by atoms with Crippen molar-refractivity contribution in [3.05, 3.63) is 0 Å². The van der Waals surface area contributed by atoms with E-state index in [1.807, 2.05) is 6.92 Å². The molecule has 0 bridgehead atoms. The van der Waals surface area contributed by atoms with Gasteiger partial charge in [0.2, 0.25) is 5.91 Å². The molecule has 0 aliphatic carbocycles. The first-order valence-electron chi connectivity index (χ1n) is 5.76. The second kappa shape index (κ2) is 6.56. The maximum absolute atomic E-state index is 11.8. The number of methoxy groups -OCH3 is 1. The van der Waals surface area contributed by atoms with E-state index in [0.29, 0.717) is 19.4 Å². The first kappa shape index (κ1) is 13.9. The summed E-state index contributed by atoms with van der Waals surface area (Å²) in [5.41, 5.74) is 0. The van der Waals surface area contributed by atoms with E-state index < -0.39 is 18.2 Å². The van der Waals surface area contributed by atoms with Crippen molar-refractivity contribution in [1.29, 1.82) is 0 Å². The highest BCUT2D eigenvalue weighted by Gasteiger charge is 2.35. The Morgan fingerprint density at radius 3 is 2.59 bits per heavy atom. The first-order valence-corrected chi connectivity index (χ1v) is 5.76. The summed E-state index contributed by atoms with van der Waals surface area (Å²) in [6.07, 6.45) is 0.0882. The maximum Gasteiger partial charge on any atom is 0.332 e. The molecule has 2 N–H and O–H groups in total. The second-order valence-corrected chi connectivity index (χ2v) is 4.10. The number of carboxylic acid groups (broad SMARTS) is 1. The Labute approximate surface area is 100 Å². The number of rotatable bonds is 6. The van der Waals surface area contributed by atoms with Crippen LogP contribution in [0.4, 0.5) is 0 Å². The fourth-order valence-electron chi connectivity index (χ4n) is 1.77. The number of amides is 1. The smallest absolute Gasteiger partial charge is 0.332 e. The summed E-state index contributed by atoms with van der Waals surface area (Å²) in [5.74, 6) is -1.26. The minimum absolute atomic E-state index is 0.0556. The molecule has 1 fully saturated rings. The van der Waals surface area contributed by atoms with Gasteiger partial charge in [0, 0.05) is 7.11 Å². The lowest BCUT2D eigenvalue weighted by molar-refractivity contribution is -0.152. The minimum atomic E-state index is -1.01. The summed E-state index contributed by atoms with van der Waals surface area (Å²) in [4.78, 5) is 22.4. The van der Waals surface area contributed by atoms with Crippen LogP contribution in [0.1, 0.15) is 26.2 Å². The Bertz CT molecular complexity index is 281. The number of aliphatic carboxylic acids is 1. The van der Waals surface area contributed by atoms with Crippen LogP contribution in [0, 0.1) is 0 Å². The summed E-state index contributed by atoms with van der Waals surface area (Å²) in [7, 11) is 1.57. The molecule has 1 amide bonds. The minimum Gasteiger partial charge on any atom is -0.479 e. The lowest BCUT2D eigenvalue weighted by atomic mass is 10.1. The van der Waals surface area contributed by atoms with Crippen LogP contribution in [-0.2, 0) is 19.1 Å². The van der Waals surface area contributed by atoms with E-state index in [4.69, 9.17) is 14.6 Å². The average molecular weight is 245 g/mol. The molecule has 98 valence electrons. The van der Waals surface area contributed by atoms with Gasteiger partial charge in [-0.3, -0.25) is 4.79 Å². The molecule has 6 nitrogen and oxygen atoms in total.